The van der Waals surface area contributed by atoms with Gasteiger partial charge in [-0.05, 0) is 18.0 Å². The molecule has 0 unspecified atom stereocenters. The molecule has 0 saturated carbocycles. The van der Waals surface area contributed by atoms with Crippen molar-refractivity contribution < 1.29 is 22.4 Å². The summed E-state index contributed by atoms with van der Waals surface area (Å²) in [7, 11) is 0.385. The van der Waals surface area contributed by atoms with E-state index in [1.54, 1.807) is 0 Å². The average molecular weight is 329 g/mol. The van der Waals surface area contributed by atoms with Gasteiger partial charge in [0.15, 0.2) is 0 Å². The van der Waals surface area contributed by atoms with E-state index in [0.717, 1.165) is 5.66 Å². The zero-order chi connectivity index (χ0) is 6.57. The van der Waals surface area contributed by atoms with Crippen molar-refractivity contribution in [2.75, 3.05) is 12.3 Å². The van der Waals surface area contributed by atoms with Crippen LogP contribution in [0.15, 0.2) is 0 Å². The summed E-state index contributed by atoms with van der Waals surface area (Å²) in [6.07, 6.45) is 2.81. The number of hydrogen-bond acceptors (Lipinski definition) is 0. The van der Waals surface area contributed by atoms with E-state index < -0.39 is 0 Å². The molecular weight excluding hydrogens is 312 g/mol. The van der Waals surface area contributed by atoms with Gasteiger partial charge in [0, 0.05) is 22.4 Å². The largest absolute Gasteiger partial charge is 0.105 e. The Balaban J connectivity index is 0. The van der Waals surface area contributed by atoms with Crippen molar-refractivity contribution in [2.24, 2.45) is 0 Å². The molecule has 0 N–H and O–H groups in total. The molecule has 0 aliphatic heterocycles. The molecule has 0 fully saturated rings. The van der Waals surface area contributed by atoms with Crippen LogP contribution >= 0.6 is 7.92 Å². The van der Waals surface area contributed by atoms with Gasteiger partial charge < -0.3 is 0 Å². The Morgan fingerprint density at radius 3 is 1.44 bits per heavy atom. The SMILES string of the molecule is CCP(CC)C(C)C.[Au]. The predicted octanol–water partition coefficient (Wildman–Crippen LogP) is 2.91. The molecule has 0 spiro atoms. The molecule has 0 aromatic carbocycles. The van der Waals surface area contributed by atoms with E-state index in [1.165, 1.54) is 12.3 Å². The second kappa shape index (κ2) is 7.28. The van der Waals surface area contributed by atoms with Crippen LogP contribution in [0, 0.1) is 0 Å². The van der Waals surface area contributed by atoms with Crippen LogP contribution < -0.4 is 0 Å². The Hall–Kier alpha value is 1.17. The quantitative estimate of drug-likeness (QED) is 0.552. The summed E-state index contributed by atoms with van der Waals surface area (Å²) in [6.45, 7) is 9.27. The Bertz CT molecular complexity index is 50.9. The second-order valence-corrected chi connectivity index (χ2v) is 5.79. The molecule has 0 rings (SSSR count). The first-order valence-electron chi connectivity index (χ1n) is 3.46. The van der Waals surface area contributed by atoms with Gasteiger partial charge >= 0.3 is 0 Å². The van der Waals surface area contributed by atoms with Gasteiger partial charge in [0.05, 0.1) is 0 Å². The zero-order valence-corrected chi connectivity index (χ0v) is 9.80. The molecule has 0 aromatic rings. The van der Waals surface area contributed by atoms with E-state index in [1.807, 2.05) is 0 Å². The maximum Gasteiger partial charge on any atom is 0 e. The fraction of sp³-hybridized carbons (Fsp3) is 1.00. The Kier molecular flexibility index (Phi) is 10.4. The molecule has 9 heavy (non-hydrogen) atoms. The van der Waals surface area contributed by atoms with Gasteiger partial charge in [-0.15, -0.1) is 7.92 Å². The van der Waals surface area contributed by atoms with Crippen LogP contribution in [0.5, 0.6) is 0 Å². The molecule has 2 heteroatoms. The maximum absolute atomic E-state index is 2.33. The summed E-state index contributed by atoms with van der Waals surface area (Å²) in [6, 6.07) is 0. The van der Waals surface area contributed by atoms with E-state index in [2.05, 4.69) is 27.7 Å². The fourth-order valence-corrected chi connectivity index (χ4v) is 2.86. The summed E-state index contributed by atoms with van der Waals surface area (Å²) in [5.74, 6) is 0. The molecule has 0 atom stereocenters. The summed E-state index contributed by atoms with van der Waals surface area (Å²) in [5.41, 5.74) is 0.944. The molecule has 0 aromatic heterocycles. The van der Waals surface area contributed by atoms with Crippen LogP contribution in [0.3, 0.4) is 0 Å². The molecule has 0 bridgehead atoms. The van der Waals surface area contributed by atoms with Crippen molar-refractivity contribution in [1.29, 1.82) is 0 Å². The van der Waals surface area contributed by atoms with Crippen LogP contribution in [0.4, 0.5) is 0 Å². The van der Waals surface area contributed by atoms with Crippen LogP contribution in [0.2, 0.25) is 0 Å². The monoisotopic (exact) mass is 329 g/mol. The smallest absolute Gasteiger partial charge is 0 e. The summed E-state index contributed by atoms with van der Waals surface area (Å²) in [4.78, 5) is 0. The minimum absolute atomic E-state index is 0. The van der Waals surface area contributed by atoms with Gasteiger partial charge in [0.1, 0.15) is 0 Å². The van der Waals surface area contributed by atoms with Gasteiger partial charge in [-0.2, -0.15) is 0 Å². The van der Waals surface area contributed by atoms with Crippen molar-refractivity contribution >= 4 is 7.92 Å². The normalized spacial score (nSPS) is 10.0. The third-order valence-electron chi connectivity index (χ3n) is 1.54. The van der Waals surface area contributed by atoms with Gasteiger partial charge in [-0.3, -0.25) is 0 Å². The minimum atomic E-state index is 0. The van der Waals surface area contributed by atoms with Crippen LogP contribution in [0.1, 0.15) is 27.7 Å². The van der Waals surface area contributed by atoms with Crippen LogP contribution in [-0.4, -0.2) is 18.0 Å². The first-order chi connectivity index (χ1) is 3.72. The summed E-state index contributed by atoms with van der Waals surface area (Å²) < 4.78 is 0. The molecular formula is C7H17AuP. The molecule has 0 heterocycles. The first-order valence-corrected chi connectivity index (χ1v) is 5.24. The Morgan fingerprint density at radius 2 is 1.44 bits per heavy atom. The van der Waals surface area contributed by atoms with Crippen LogP contribution in [-0.2, 0) is 22.4 Å². The Labute approximate surface area is 76.1 Å². The molecule has 0 nitrogen and oxygen atoms in total. The maximum atomic E-state index is 2.33. The van der Waals surface area contributed by atoms with Crippen molar-refractivity contribution in [3.8, 4) is 0 Å². The van der Waals surface area contributed by atoms with E-state index in [4.69, 9.17) is 0 Å². The average Bonchev–Trinajstić information content (AvgIpc) is 1.69. The minimum Gasteiger partial charge on any atom is -0.105 e. The van der Waals surface area contributed by atoms with E-state index in [0.29, 0.717) is 7.92 Å². The van der Waals surface area contributed by atoms with E-state index >= 15 is 0 Å². The molecule has 1 radical (unpaired) electrons. The molecule has 0 saturated heterocycles. The summed E-state index contributed by atoms with van der Waals surface area (Å²) >= 11 is 0. The third kappa shape index (κ3) is 5.61. The van der Waals surface area contributed by atoms with Crippen molar-refractivity contribution in [1.82, 2.24) is 0 Å². The molecule has 0 aliphatic carbocycles. The molecule has 0 amide bonds. The van der Waals surface area contributed by atoms with Crippen molar-refractivity contribution in [2.45, 2.75) is 33.4 Å². The molecule has 0 aliphatic rings. The van der Waals surface area contributed by atoms with E-state index in [9.17, 15) is 0 Å². The zero-order valence-electron chi connectivity index (χ0n) is 6.74. The van der Waals surface area contributed by atoms with Gasteiger partial charge in [-0.1, -0.05) is 27.7 Å². The first kappa shape index (κ1) is 12.8. The van der Waals surface area contributed by atoms with Gasteiger partial charge in [0.25, 0.3) is 0 Å². The Morgan fingerprint density at radius 1 is 1.11 bits per heavy atom. The fourth-order valence-electron chi connectivity index (χ4n) is 0.954. The second-order valence-electron chi connectivity index (χ2n) is 2.31. The van der Waals surface area contributed by atoms with Crippen LogP contribution in [0.25, 0.3) is 0 Å². The third-order valence-corrected chi connectivity index (χ3v) is 4.63. The predicted molar refractivity (Wildman–Crippen MR) is 43.1 cm³/mol. The van der Waals surface area contributed by atoms with Gasteiger partial charge in [-0.25, -0.2) is 0 Å². The standard InChI is InChI=1S/C7H17P.Au/c1-5-8(6-2)7(3)4;/h7H,5-6H2,1-4H3;. The summed E-state index contributed by atoms with van der Waals surface area (Å²) in [5, 5.41) is 0. The van der Waals surface area contributed by atoms with E-state index in [-0.39, 0.29) is 22.4 Å². The van der Waals surface area contributed by atoms with Crippen molar-refractivity contribution in [3.05, 3.63) is 0 Å². The van der Waals surface area contributed by atoms with Crippen molar-refractivity contribution in [3.63, 3.8) is 0 Å². The molecule has 61 valence electrons. The number of rotatable bonds is 3. The number of hydrogen-bond donors (Lipinski definition) is 0. The topological polar surface area (TPSA) is 0 Å². The van der Waals surface area contributed by atoms with Gasteiger partial charge in [0.2, 0.25) is 0 Å².